The molecule has 0 fully saturated rings. The fourth-order valence-corrected chi connectivity index (χ4v) is 3.04. The first kappa shape index (κ1) is 11.3. The molecule has 1 aliphatic rings. The van der Waals surface area contributed by atoms with Crippen molar-refractivity contribution in [3.8, 4) is 22.8 Å². The minimum absolute atomic E-state index is 0.413. The van der Waals surface area contributed by atoms with Gasteiger partial charge in [0.25, 0.3) is 0 Å². The van der Waals surface area contributed by atoms with E-state index in [-0.39, 0.29) is 0 Å². The van der Waals surface area contributed by atoms with Crippen molar-refractivity contribution < 1.29 is 9.47 Å². The molecule has 0 atom stereocenters. The number of anilines is 1. The minimum atomic E-state index is -0.413. The average Bonchev–Trinajstić information content (AvgIpc) is 2.71. The number of aromatic nitrogens is 1. The highest BCUT2D eigenvalue weighted by Gasteiger charge is 2.36. The van der Waals surface area contributed by atoms with E-state index in [2.05, 4.69) is 4.98 Å². The molecule has 0 spiro atoms. The summed E-state index contributed by atoms with van der Waals surface area (Å²) in [6.45, 7) is 4.04. The Balaban J connectivity index is 2.25. The van der Waals surface area contributed by atoms with E-state index in [0.717, 1.165) is 27.6 Å². The summed E-state index contributed by atoms with van der Waals surface area (Å²) < 4.78 is 11.3. The first-order valence-electron chi connectivity index (χ1n) is 5.65. The molecule has 0 unspecified atom stereocenters. The Labute approximate surface area is 109 Å². The zero-order chi connectivity index (χ0) is 12.9. The van der Waals surface area contributed by atoms with Gasteiger partial charge >= 0.3 is 0 Å². The van der Waals surface area contributed by atoms with Gasteiger partial charge in [0.1, 0.15) is 17.1 Å². The van der Waals surface area contributed by atoms with Crippen LogP contribution >= 0.6 is 11.3 Å². The van der Waals surface area contributed by atoms with Gasteiger partial charge in [-0.3, -0.25) is 0 Å². The summed E-state index contributed by atoms with van der Waals surface area (Å²) in [6.07, 6.45) is 0. The summed E-state index contributed by atoms with van der Waals surface area (Å²) in [5.41, 5.74) is 7.30. The van der Waals surface area contributed by atoms with E-state index in [1.807, 2.05) is 32.0 Å². The van der Waals surface area contributed by atoms with Crippen LogP contribution in [0.25, 0.3) is 11.3 Å². The molecule has 0 saturated heterocycles. The number of benzene rings is 1. The van der Waals surface area contributed by atoms with E-state index < -0.39 is 5.60 Å². The van der Waals surface area contributed by atoms with Gasteiger partial charge < -0.3 is 15.2 Å². The summed E-state index contributed by atoms with van der Waals surface area (Å²) in [5.74, 6) is 1.56. The van der Waals surface area contributed by atoms with Gasteiger partial charge in [0, 0.05) is 11.6 Å². The number of nitrogens with two attached hydrogens (primary N) is 1. The molecule has 94 valence electrons. The monoisotopic (exact) mass is 262 g/mol. The summed E-state index contributed by atoms with van der Waals surface area (Å²) in [6, 6.07) is 5.75. The Hall–Kier alpha value is -1.75. The third kappa shape index (κ3) is 1.54. The van der Waals surface area contributed by atoms with Crippen molar-refractivity contribution in [2.24, 2.45) is 0 Å². The normalized spacial score (nSPS) is 15.5. The molecule has 0 radical (unpaired) electrons. The van der Waals surface area contributed by atoms with Gasteiger partial charge in [-0.25, -0.2) is 4.98 Å². The zero-order valence-corrected chi connectivity index (χ0v) is 11.3. The quantitative estimate of drug-likeness (QED) is 0.858. The van der Waals surface area contributed by atoms with Crippen LogP contribution in [-0.4, -0.2) is 12.1 Å². The van der Waals surface area contributed by atoms with Crippen molar-refractivity contribution in [1.82, 2.24) is 4.98 Å². The van der Waals surface area contributed by atoms with Gasteiger partial charge in [-0.15, -0.1) is 0 Å². The molecule has 0 saturated carbocycles. The second-order valence-electron chi connectivity index (χ2n) is 4.70. The average molecular weight is 262 g/mol. The molecule has 3 rings (SSSR count). The van der Waals surface area contributed by atoms with E-state index in [0.29, 0.717) is 5.13 Å². The summed E-state index contributed by atoms with van der Waals surface area (Å²) >= 11 is 1.48. The van der Waals surface area contributed by atoms with E-state index in [9.17, 15) is 0 Å². The van der Waals surface area contributed by atoms with Gasteiger partial charge in [-0.1, -0.05) is 11.3 Å². The van der Waals surface area contributed by atoms with Gasteiger partial charge in [0.05, 0.1) is 17.7 Å². The smallest absolute Gasteiger partial charge is 0.180 e. The third-order valence-corrected chi connectivity index (χ3v) is 4.19. The van der Waals surface area contributed by atoms with Crippen molar-refractivity contribution in [2.45, 2.75) is 19.4 Å². The second-order valence-corrected chi connectivity index (χ2v) is 5.73. The van der Waals surface area contributed by atoms with E-state index in [1.54, 1.807) is 7.11 Å². The van der Waals surface area contributed by atoms with Gasteiger partial charge in [-0.05, 0) is 26.0 Å². The van der Waals surface area contributed by atoms with Crippen molar-refractivity contribution >= 4 is 16.5 Å². The number of rotatable bonds is 1. The highest BCUT2D eigenvalue weighted by atomic mass is 32.1. The van der Waals surface area contributed by atoms with Crippen LogP contribution in [0.2, 0.25) is 0 Å². The lowest BCUT2D eigenvalue weighted by atomic mass is 9.97. The van der Waals surface area contributed by atoms with Gasteiger partial charge in [-0.2, -0.15) is 0 Å². The molecule has 1 aromatic carbocycles. The van der Waals surface area contributed by atoms with Crippen LogP contribution in [0, 0.1) is 0 Å². The minimum Gasteiger partial charge on any atom is -0.497 e. The standard InChI is InChI=1S/C13H14N2O2S/c1-13(2)11-10(15-12(14)18-11)8-5-4-7(16-3)6-9(8)17-13/h4-6H,1-3H3,(H2,14,15). The molecule has 1 aliphatic heterocycles. The highest BCUT2D eigenvalue weighted by molar-refractivity contribution is 7.16. The molecule has 2 heterocycles. The van der Waals surface area contributed by atoms with Crippen molar-refractivity contribution in [1.29, 1.82) is 0 Å². The first-order valence-corrected chi connectivity index (χ1v) is 6.47. The Morgan fingerprint density at radius 2 is 2.17 bits per heavy atom. The molecule has 1 aromatic heterocycles. The van der Waals surface area contributed by atoms with Crippen LogP contribution in [0.3, 0.4) is 0 Å². The van der Waals surface area contributed by atoms with Crippen molar-refractivity contribution in [2.75, 3.05) is 12.8 Å². The van der Waals surface area contributed by atoms with Crippen LogP contribution in [0.4, 0.5) is 5.13 Å². The molecule has 0 amide bonds. The molecule has 5 heteroatoms. The maximum absolute atomic E-state index is 6.04. The molecular weight excluding hydrogens is 248 g/mol. The van der Waals surface area contributed by atoms with Crippen LogP contribution in [0.5, 0.6) is 11.5 Å². The van der Waals surface area contributed by atoms with Crippen LogP contribution in [0.15, 0.2) is 18.2 Å². The lowest BCUT2D eigenvalue weighted by molar-refractivity contribution is 0.109. The Morgan fingerprint density at radius 3 is 2.89 bits per heavy atom. The summed E-state index contributed by atoms with van der Waals surface area (Å²) in [5, 5.41) is 0.570. The van der Waals surface area contributed by atoms with Crippen LogP contribution in [0.1, 0.15) is 18.7 Å². The molecular formula is C13H14N2O2S. The second kappa shape index (κ2) is 3.62. The fraction of sp³-hybridized carbons (Fsp3) is 0.308. The number of methoxy groups -OCH3 is 1. The highest BCUT2D eigenvalue weighted by Crippen LogP contribution is 2.48. The van der Waals surface area contributed by atoms with E-state index >= 15 is 0 Å². The predicted molar refractivity (Wildman–Crippen MR) is 72.2 cm³/mol. The Bertz CT molecular complexity index is 619. The lowest BCUT2D eigenvalue weighted by Gasteiger charge is -2.31. The van der Waals surface area contributed by atoms with E-state index in [1.165, 1.54) is 11.3 Å². The molecule has 4 nitrogen and oxygen atoms in total. The molecule has 0 aliphatic carbocycles. The fourth-order valence-electron chi connectivity index (χ4n) is 2.16. The number of hydrogen-bond donors (Lipinski definition) is 1. The van der Waals surface area contributed by atoms with E-state index in [4.69, 9.17) is 15.2 Å². The molecule has 0 bridgehead atoms. The SMILES string of the molecule is COc1ccc2c(c1)OC(C)(C)c1sc(N)nc1-2. The first-order chi connectivity index (χ1) is 8.51. The number of fused-ring (bicyclic) bond motifs is 3. The zero-order valence-electron chi connectivity index (χ0n) is 10.5. The number of ether oxygens (including phenoxy) is 2. The van der Waals surface area contributed by atoms with Crippen molar-refractivity contribution in [3.05, 3.63) is 23.1 Å². The van der Waals surface area contributed by atoms with Gasteiger partial charge in [0.15, 0.2) is 5.13 Å². The predicted octanol–water partition coefficient (Wildman–Crippen LogP) is 3.03. The third-order valence-electron chi connectivity index (χ3n) is 3.00. The summed E-state index contributed by atoms with van der Waals surface area (Å²) in [4.78, 5) is 5.49. The van der Waals surface area contributed by atoms with Crippen LogP contribution < -0.4 is 15.2 Å². The lowest BCUT2D eigenvalue weighted by Crippen LogP contribution is -2.27. The maximum atomic E-state index is 6.04. The Kier molecular flexibility index (Phi) is 2.28. The Morgan fingerprint density at radius 1 is 1.39 bits per heavy atom. The molecule has 2 aromatic rings. The molecule has 2 N–H and O–H groups in total. The maximum Gasteiger partial charge on any atom is 0.180 e. The van der Waals surface area contributed by atoms with Gasteiger partial charge in [0.2, 0.25) is 0 Å². The summed E-state index contributed by atoms with van der Waals surface area (Å²) in [7, 11) is 1.64. The van der Waals surface area contributed by atoms with Crippen LogP contribution in [-0.2, 0) is 5.60 Å². The number of nitrogen functional groups attached to an aromatic ring is 1. The topological polar surface area (TPSA) is 57.4 Å². The van der Waals surface area contributed by atoms with Crippen molar-refractivity contribution in [3.63, 3.8) is 0 Å². The number of hydrogen-bond acceptors (Lipinski definition) is 5. The molecule has 18 heavy (non-hydrogen) atoms. The number of thiazole rings is 1. The largest absolute Gasteiger partial charge is 0.497 e. The number of nitrogens with zero attached hydrogens (tertiary/aromatic N) is 1.